The highest BCUT2D eigenvalue weighted by atomic mass is 32.2. The smallest absolute Gasteiger partial charge is 0.236 e. The van der Waals surface area contributed by atoms with Crippen LogP contribution < -0.4 is 14.9 Å². The summed E-state index contributed by atoms with van der Waals surface area (Å²) < 4.78 is 27.9. The number of nitrogens with one attached hydrogen (secondary N) is 2. The third kappa shape index (κ3) is 6.68. The van der Waals surface area contributed by atoms with Crippen molar-refractivity contribution in [2.45, 2.75) is 37.8 Å². The van der Waals surface area contributed by atoms with Crippen LogP contribution >= 0.6 is 0 Å². The summed E-state index contributed by atoms with van der Waals surface area (Å²) in [5, 5.41) is 4.59. The van der Waals surface area contributed by atoms with Gasteiger partial charge in [-0.05, 0) is 64.0 Å². The Bertz CT molecular complexity index is 1410. The third-order valence-electron chi connectivity index (χ3n) is 7.46. The lowest BCUT2D eigenvalue weighted by Crippen LogP contribution is -2.50. The minimum absolute atomic E-state index is 0.00718. The van der Waals surface area contributed by atoms with E-state index in [2.05, 4.69) is 48.8 Å². The molecule has 1 aliphatic carbocycles. The molecule has 1 aliphatic heterocycles. The number of sulfonamides is 1. The van der Waals surface area contributed by atoms with Crippen LogP contribution in [0.25, 0.3) is 16.7 Å². The Morgan fingerprint density at radius 1 is 1.03 bits per heavy atom. The maximum absolute atomic E-state index is 12.5. The van der Waals surface area contributed by atoms with Crippen molar-refractivity contribution in [2.75, 3.05) is 63.3 Å². The van der Waals surface area contributed by atoms with E-state index in [9.17, 15) is 13.2 Å². The van der Waals surface area contributed by atoms with Gasteiger partial charge in [0.1, 0.15) is 5.82 Å². The molecule has 0 unspecified atom stereocenters. The molecule has 1 saturated heterocycles. The number of rotatable bonds is 8. The van der Waals surface area contributed by atoms with Crippen molar-refractivity contribution in [1.82, 2.24) is 29.1 Å². The summed E-state index contributed by atoms with van der Waals surface area (Å²) in [6, 6.07) is 10.5. The molecule has 0 atom stereocenters. The number of carbonyl (C=O) groups is 1. The summed E-state index contributed by atoms with van der Waals surface area (Å²) in [5.41, 5.74) is 2.23. The third-order valence-corrected chi connectivity index (χ3v) is 8.22. The molecule has 2 N–H and O–H groups in total. The van der Waals surface area contributed by atoms with Crippen LogP contribution in [0.5, 0.6) is 0 Å². The van der Waals surface area contributed by atoms with E-state index in [1.54, 1.807) is 6.20 Å². The molecule has 11 nitrogen and oxygen atoms in total. The maximum atomic E-state index is 12.5. The van der Waals surface area contributed by atoms with Gasteiger partial charge in [0.05, 0.1) is 18.3 Å². The molecule has 210 valence electrons. The van der Waals surface area contributed by atoms with Crippen molar-refractivity contribution in [1.29, 1.82) is 0 Å². The second-order valence-electron chi connectivity index (χ2n) is 10.8. The molecule has 1 aromatic carbocycles. The number of likely N-dealkylation sites (N-methyl/N-ethyl adjacent to an activating group) is 1. The van der Waals surface area contributed by atoms with Crippen molar-refractivity contribution in [2.24, 2.45) is 0 Å². The first kappa shape index (κ1) is 27.4. The summed E-state index contributed by atoms with van der Waals surface area (Å²) in [6.45, 7) is 3.48. The molecule has 0 bridgehead atoms. The van der Waals surface area contributed by atoms with E-state index in [-0.39, 0.29) is 18.0 Å². The second-order valence-corrected chi connectivity index (χ2v) is 12.6. The van der Waals surface area contributed by atoms with Crippen LogP contribution in [0, 0.1) is 0 Å². The topological polar surface area (TPSA) is 116 Å². The number of aromatic nitrogens is 3. The van der Waals surface area contributed by atoms with Gasteiger partial charge in [-0.15, -0.1) is 0 Å². The Morgan fingerprint density at radius 3 is 2.44 bits per heavy atom. The Balaban J connectivity index is 1.26. The van der Waals surface area contributed by atoms with Crippen LogP contribution in [-0.4, -0.2) is 104 Å². The van der Waals surface area contributed by atoms with Crippen molar-refractivity contribution >= 4 is 38.5 Å². The van der Waals surface area contributed by atoms with Gasteiger partial charge in [-0.25, -0.2) is 18.1 Å². The van der Waals surface area contributed by atoms with E-state index < -0.39 is 10.0 Å². The molecule has 39 heavy (non-hydrogen) atoms. The van der Waals surface area contributed by atoms with Crippen molar-refractivity contribution in [3.8, 4) is 5.82 Å². The quantitative estimate of drug-likeness (QED) is 0.434. The Kier molecular flexibility index (Phi) is 8.06. The molecule has 0 radical (unpaired) electrons. The number of carbonyl (C=O) groups excluding carboxylic acids is 1. The fourth-order valence-electron chi connectivity index (χ4n) is 5.59. The van der Waals surface area contributed by atoms with Crippen molar-refractivity contribution < 1.29 is 13.2 Å². The van der Waals surface area contributed by atoms with Crippen molar-refractivity contribution in [3.63, 3.8) is 0 Å². The standard InChI is InChI=1S/C27H38N8O3S/c1-32(2)19-26(36)34-17-15-33(16-18-34)23-5-4-6-24-22(23)12-14-35(24)25-11-13-28-27(30-25)29-20-7-9-21(10-8-20)31-39(3,37)38/h4-6,11-14,20-21,31H,7-10,15-19H2,1-3H3,(H,28,29,30). The molecule has 1 saturated carbocycles. The lowest BCUT2D eigenvalue weighted by molar-refractivity contribution is -0.132. The average Bonchev–Trinajstić information content (AvgIpc) is 3.33. The highest BCUT2D eigenvalue weighted by molar-refractivity contribution is 7.88. The van der Waals surface area contributed by atoms with Gasteiger partial charge in [-0.3, -0.25) is 4.79 Å². The first-order valence-corrected chi connectivity index (χ1v) is 15.4. The van der Waals surface area contributed by atoms with Crippen LogP contribution in [0.2, 0.25) is 0 Å². The van der Waals surface area contributed by atoms with E-state index in [4.69, 9.17) is 4.98 Å². The summed E-state index contributed by atoms with van der Waals surface area (Å²) in [5.74, 6) is 1.53. The summed E-state index contributed by atoms with van der Waals surface area (Å²) in [4.78, 5) is 27.9. The lowest BCUT2D eigenvalue weighted by atomic mass is 9.92. The highest BCUT2D eigenvalue weighted by Crippen LogP contribution is 2.30. The Labute approximate surface area is 230 Å². The number of fused-ring (bicyclic) bond motifs is 1. The minimum Gasteiger partial charge on any atom is -0.367 e. The molecule has 1 amide bonds. The maximum Gasteiger partial charge on any atom is 0.236 e. The zero-order chi connectivity index (χ0) is 27.6. The lowest BCUT2D eigenvalue weighted by Gasteiger charge is -2.36. The van der Waals surface area contributed by atoms with Gasteiger partial charge < -0.3 is 24.6 Å². The zero-order valence-electron chi connectivity index (χ0n) is 22.9. The molecule has 2 aromatic heterocycles. The second kappa shape index (κ2) is 11.5. The minimum atomic E-state index is -3.19. The molecule has 2 fully saturated rings. The van der Waals surface area contributed by atoms with E-state index in [1.807, 2.05) is 36.2 Å². The Morgan fingerprint density at radius 2 is 1.74 bits per heavy atom. The monoisotopic (exact) mass is 554 g/mol. The van der Waals surface area contributed by atoms with E-state index >= 15 is 0 Å². The summed E-state index contributed by atoms with van der Waals surface area (Å²) >= 11 is 0. The largest absolute Gasteiger partial charge is 0.367 e. The summed E-state index contributed by atoms with van der Waals surface area (Å²) in [6.07, 6.45) is 8.29. The van der Waals surface area contributed by atoms with Crippen LogP contribution in [-0.2, 0) is 14.8 Å². The van der Waals surface area contributed by atoms with E-state index in [0.29, 0.717) is 12.5 Å². The van der Waals surface area contributed by atoms with Gasteiger partial charge in [0.25, 0.3) is 0 Å². The number of hydrogen-bond acceptors (Lipinski definition) is 8. The fraction of sp³-hybridized carbons (Fsp3) is 0.519. The van der Waals surface area contributed by atoms with Crippen LogP contribution in [0.4, 0.5) is 11.6 Å². The van der Waals surface area contributed by atoms with Crippen LogP contribution in [0.1, 0.15) is 25.7 Å². The van der Waals surface area contributed by atoms with Gasteiger partial charge in [0.2, 0.25) is 21.9 Å². The fourth-order valence-corrected chi connectivity index (χ4v) is 6.43. The molecular formula is C27H38N8O3S. The highest BCUT2D eigenvalue weighted by Gasteiger charge is 2.25. The normalized spacial score (nSPS) is 20.5. The molecule has 3 heterocycles. The SMILES string of the molecule is CN(C)CC(=O)N1CCN(c2cccc3c2ccn3-c2ccnc(NC3CCC(NS(C)(=O)=O)CC3)n2)CC1. The molecular weight excluding hydrogens is 516 g/mol. The predicted molar refractivity (Wildman–Crippen MR) is 154 cm³/mol. The van der Waals surface area contributed by atoms with Gasteiger partial charge in [0.15, 0.2) is 0 Å². The first-order valence-electron chi connectivity index (χ1n) is 13.5. The number of anilines is 2. The number of nitrogens with zero attached hydrogens (tertiary/aromatic N) is 6. The van der Waals surface area contributed by atoms with Crippen LogP contribution in [0.3, 0.4) is 0 Å². The Hall–Kier alpha value is -3.22. The number of hydrogen-bond donors (Lipinski definition) is 2. The van der Waals surface area contributed by atoms with Gasteiger partial charge >= 0.3 is 0 Å². The number of amides is 1. The van der Waals surface area contributed by atoms with Crippen molar-refractivity contribution in [3.05, 3.63) is 42.7 Å². The van der Waals surface area contributed by atoms with Gasteiger partial charge in [-0.2, -0.15) is 4.98 Å². The van der Waals surface area contributed by atoms with Gasteiger partial charge in [0, 0.05) is 61.7 Å². The number of piperazine rings is 1. The predicted octanol–water partition coefficient (Wildman–Crippen LogP) is 1.90. The zero-order valence-corrected chi connectivity index (χ0v) is 23.7. The molecule has 12 heteroatoms. The molecule has 5 rings (SSSR count). The first-order chi connectivity index (χ1) is 18.7. The average molecular weight is 555 g/mol. The summed E-state index contributed by atoms with van der Waals surface area (Å²) in [7, 11) is 0.651. The van der Waals surface area contributed by atoms with Gasteiger partial charge in [-0.1, -0.05) is 6.07 Å². The molecule has 2 aliphatic rings. The number of benzene rings is 1. The molecule has 0 spiro atoms. The van der Waals surface area contributed by atoms with E-state index in [1.165, 1.54) is 6.26 Å². The van der Waals surface area contributed by atoms with E-state index in [0.717, 1.165) is 74.3 Å². The van der Waals surface area contributed by atoms with Crippen LogP contribution in [0.15, 0.2) is 42.7 Å². The molecule has 3 aromatic rings.